The number of nitrogens with two attached hydrogens (primary N) is 1. The van der Waals surface area contributed by atoms with E-state index in [0.29, 0.717) is 23.9 Å². The van der Waals surface area contributed by atoms with Gasteiger partial charge in [-0.15, -0.1) is 10.2 Å². The van der Waals surface area contributed by atoms with Crippen molar-refractivity contribution in [2.24, 2.45) is 11.7 Å². The molecule has 1 rings (SSSR count). The summed E-state index contributed by atoms with van der Waals surface area (Å²) < 4.78 is 0. The molecule has 0 saturated heterocycles. The zero-order chi connectivity index (χ0) is 12.0. The molecule has 1 aromatic rings. The van der Waals surface area contributed by atoms with Crippen LogP contribution in [0.25, 0.3) is 0 Å². The standard InChI is InChI=1S/C10H15ClN4O/c1-2-7(6-12)5-10(16)13-9-4-3-8(11)14-15-9/h3-4,7H,2,5-6,12H2,1H3,(H,13,15,16). The lowest BCUT2D eigenvalue weighted by Gasteiger charge is -2.11. The van der Waals surface area contributed by atoms with Crippen LogP contribution in [0.5, 0.6) is 0 Å². The van der Waals surface area contributed by atoms with Crippen LogP contribution in [-0.2, 0) is 4.79 Å². The molecule has 3 N–H and O–H groups in total. The summed E-state index contributed by atoms with van der Waals surface area (Å²) in [5, 5.41) is 10.3. The van der Waals surface area contributed by atoms with Gasteiger partial charge in [0.15, 0.2) is 11.0 Å². The molecule has 1 atom stereocenters. The van der Waals surface area contributed by atoms with Crippen LogP contribution < -0.4 is 11.1 Å². The van der Waals surface area contributed by atoms with Crippen molar-refractivity contribution in [2.75, 3.05) is 11.9 Å². The lowest BCUT2D eigenvalue weighted by atomic mass is 10.0. The van der Waals surface area contributed by atoms with E-state index in [1.165, 1.54) is 0 Å². The Morgan fingerprint density at radius 1 is 1.56 bits per heavy atom. The SMILES string of the molecule is CCC(CN)CC(=O)Nc1ccc(Cl)nn1. The van der Waals surface area contributed by atoms with Crippen LogP contribution in [0, 0.1) is 5.92 Å². The third-order valence-corrected chi connectivity index (χ3v) is 2.49. The fourth-order valence-electron chi connectivity index (χ4n) is 1.23. The van der Waals surface area contributed by atoms with Crippen LogP contribution in [0.3, 0.4) is 0 Å². The number of amides is 1. The minimum Gasteiger partial charge on any atom is -0.330 e. The number of hydrogen-bond acceptors (Lipinski definition) is 4. The van der Waals surface area contributed by atoms with Crippen LogP contribution in [-0.4, -0.2) is 22.6 Å². The second-order valence-corrected chi connectivity index (χ2v) is 3.89. The summed E-state index contributed by atoms with van der Waals surface area (Å²) in [5.74, 6) is 0.510. The Bertz CT molecular complexity index is 337. The van der Waals surface area contributed by atoms with Crippen molar-refractivity contribution >= 4 is 23.3 Å². The molecule has 0 fully saturated rings. The first-order chi connectivity index (χ1) is 7.65. The van der Waals surface area contributed by atoms with Crippen molar-refractivity contribution in [3.05, 3.63) is 17.3 Å². The fraction of sp³-hybridized carbons (Fsp3) is 0.500. The average molecular weight is 243 g/mol. The van der Waals surface area contributed by atoms with Crippen LogP contribution in [0.2, 0.25) is 5.15 Å². The highest BCUT2D eigenvalue weighted by Crippen LogP contribution is 2.10. The molecule has 1 heterocycles. The maximum absolute atomic E-state index is 11.6. The largest absolute Gasteiger partial charge is 0.330 e. The zero-order valence-corrected chi connectivity index (χ0v) is 9.87. The normalized spacial score (nSPS) is 12.2. The average Bonchev–Trinajstić information content (AvgIpc) is 2.29. The lowest BCUT2D eigenvalue weighted by molar-refractivity contribution is -0.117. The molecule has 0 aliphatic rings. The quantitative estimate of drug-likeness (QED) is 0.819. The summed E-state index contributed by atoms with van der Waals surface area (Å²) in [5.41, 5.74) is 5.52. The van der Waals surface area contributed by atoms with E-state index in [1.807, 2.05) is 6.92 Å². The third kappa shape index (κ3) is 4.12. The molecule has 0 aromatic carbocycles. The maximum Gasteiger partial charge on any atom is 0.225 e. The van der Waals surface area contributed by atoms with Crippen molar-refractivity contribution in [1.82, 2.24) is 10.2 Å². The van der Waals surface area contributed by atoms with Gasteiger partial charge in [-0.05, 0) is 24.6 Å². The van der Waals surface area contributed by atoms with E-state index < -0.39 is 0 Å². The third-order valence-electron chi connectivity index (χ3n) is 2.28. The van der Waals surface area contributed by atoms with Crippen molar-refractivity contribution in [1.29, 1.82) is 0 Å². The highest BCUT2D eigenvalue weighted by Gasteiger charge is 2.11. The van der Waals surface area contributed by atoms with Gasteiger partial charge in [0, 0.05) is 6.42 Å². The summed E-state index contributed by atoms with van der Waals surface area (Å²) in [7, 11) is 0. The molecule has 0 radical (unpaired) electrons. The number of carbonyl (C=O) groups is 1. The van der Waals surface area contributed by atoms with Gasteiger partial charge in [0.2, 0.25) is 5.91 Å². The molecule has 1 aromatic heterocycles. The second kappa shape index (κ2) is 6.40. The van der Waals surface area contributed by atoms with E-state index in [4.69, 9.17) is 17.3 Å². The number of halogens is 1. The molecule has 0 bridgehead atoms. The molecule has 0 aliphatic heterocycles. The monoisotopic (exact) mass is 242 g/mol. The molecular weight excluding hydrogens is 228 g/mol. The molecule has 1 unspecified atom stereocenters. The van der Waals surface area contributed by atoms with Gasteiger partial charge in [0.05, 0.1) is 0 Å². The van der Waals surface area contributed by atoms with Crippen molar-refractivity contribution in [2.45, 2.75) is 19.8 Å². The van der Waals surface area contributed by atoms with Crippen LogP contribution >= 0.6 is 11.6 Å². The first-order valence-electron chi connectivity index (χ1n) is 5.14. The van der Waals surface area contributed by atoms with Crippen molar-refractivity contribution in [3.63, 3.8) is 0 Å². The summed E-state index contributed by atoms with van der Waals surface area (Å²) >= 11 is 5.57. The van der Waals surface area contributed by atoms with Crippen LogP contribution in [0.1, 0.15) is 19.8 Å². The second-order valence-electron chi connectivity index (χ2n) is 3.50. The van der Waals surface area contributed by atoms with E-state index in [0.717, 1.165) is 6.42 Å². The summed E-state index contributed by atoms with van der Waals surface area (Å²) in [6.07, 6.45) is 1.29. The van der Waals surface area contributed by atoms with Gasteiger partial charge in [-0.2, -0.15) is 0 Å². The van der Waals surface area contributed by atoms with E-state index in [1.54, 1.807) is 12.1 Å². The lowest BCUT2D eigenvalue weighted by Crippen LogP contribution is -2.22. The molecule has 88 valence electrons. The number of anilines is 1. The molecule has 16 heavy (non-hydrogen) atoms. The van der Waals surface area contributed by atoms with E-state index in [9.17, 15) is 4.79 Å². The molecular formula is C10H15ClN4O. The van der Waals surface area contributed by atoms with Gasteiger partial charge in [-0.1, -0.05) is 24.9 Å². The zero-order valence-electron chi connectivity index (χ0n) is 9.11. The topological polar surface area (TPSA) is 80.9 Å². The smallest absolute Gasteiger partial charge is 0.225 e. The molecule has 0 saturated carbocycles. The molecule has 0 aliphatic carbocycles. The Morgan fingerprint density at radius 2 is 2.31 bits per heavy atom. The number of rotatable bonds is 5. The number of hydrogen-bond donors (Lipinski definition) is 2. The molecule has 6 heteroatoms. The van der Waals surface area contributed by atoms with Gasteiger partial charge in [0.1, 0.15) is 0 Å². The van der Waals surface area contributed by atoms with Gasteiger partial charge < -0.3 is 11.1 Å². The van der Waals surface area contributed by atoms with Crippen LogP contribution in [0.15, 0.2) is 12.1 Å². The van der Waals surface area contributed by atoms with E-state index in [2.05, 4.69) is 15.5 Å². The Balaban J connectivity index is 2.48. The Labute approximate surface area is 99.4 Å². The first kappa shape index (κ1) is 12.9. The van der Waals surface area contributed by atoms with Gasteiger partial charge in [-0.3, -0.25) is 4.79 Å². The Hall–Kier alpha value is -1.20. The number of nitrogens with one attached hydrogen (secondary N) is 1. The first-order valence-corrected chi connectivity index (χ1v) is 5.52. The van der Waals surface area contributed by atoms with E-state index >= 15 is 0 Å². The summed E-state index contributed by atoms with van der Waals surface area (Å²) in [6.45, 7) is 2.52. The number of carbonyl (C=O) groups excluding carboxylic acids is 1. The van der Waals surface area contributed by atoms with Crippen LogP contribution in [0.4, 0.5) is 5.82 Å². The van der Waals surface area contributed by atoms with Gasteiger partial charge >= 0.3 is 0 Å². The highest BCUT2D eigenvalue weighted by molar-refractivity contribution is 6.29. The molecule has 1 amide bonds. The van der Waals surface area contributed by atoms with Gasteiger partial charge in [0.25, 0.3) is 0 Å². The molecule has 0 spiro atoms. The van der Waals surface area contributed by atoms with E-state index in [-0.39, 0.29) is 11.8 Å². The van der Waals surface area contributed by atoms with Gasteiger partial charge in [-0.25, -0.2) is 0 Å². The predicted molar refractivity (Wildman–Crippen MR) is 63.1 cm³/mol. The minimum atomic E-state index is -0.103. The molecule has 5 nitrogen and oxygen atoms in total. The summed E-state index contributed by atoms with van der Waals surface area (Å²) in [4.78, 5) is 11.6. The summed E-state index contributed by atoms with van der Waals surface area (Å²) in [6, 6.07) is 3.18. The predicted octanol–water partition coefficient (Wildman–Crippen LogP) is 1.44. The fourth-order valence-corrected chi connectivity index (χ4v) is 1.33. The number of nitrogens with zero attached hydrogens (tertiary/aromatic N) is 2. The Kier molecular flexibility index (Phi) is 5.14. The number of aromatic nitrogens is 2. The Morgan fingerprint density at radius 3 is 2.81 bits per heavy atom. The minimum absolute atomic E-state index is 0.103. The van der Waals surface area contributed by atoms with Crippen molar-refractivity contribution in [3.8, 4) is 0 Å². The van der Waals surface area contributed by atoms with Crippen molar-refractivity contribution < 1.29 is 4.79 Å². The maximum atomic E-state index is 11.6. The highest BCUT2D eigenvalue weighted by atomic mass is 35.5.